The Kier molecular flexibility index (Phi) is 2.72. The van der Waals surface area contributed by atoms with Gasteiger partial charge in [-0.15, -0.1) is 0 Å². The Bertz CT molecular complexity index is 683. The molecule has 0 saturated carbocycles. The van der Waals surface area contributed by atoms with Crippen LogP contribution in [0, 0.1) is 0 Å². The standard InChI is InChI=1S/C14H15ClN4O/c15-9-1-2-11-12(7-9)16-17-13(11)14(20)19-6-5-18-4-3-10(19)8-18/h1-2,7,10H,3-6,8H2,(H,16,17). The van der Waals surface area contributed by atoms with Crippen molar-refractivity contribution in [1.82, 2.24) is 20.0 Å². The van der Waals surface area contributed by atoms with Crippen LogP contribution in [-0.2, 0) is 0 Å². The van der Waals surface area contributed by atoms with E-state index in [-0.39, 0.29) is 5.91 Å². The lowest BCUT2D eigenvalue weighted by molar-refractivity contribution is 0.0605. The monoisotopic (exact) mass is 290 g/mol. The van der Waals surface area contributed by atoms with Crippen LogP contribution in [0.4, 0.5) is 0 Å². The molecule has 5 nitrogen and oxygen atoms in total. The van der Waals surface area contributed by atoms with Gasteiger partial charge >= 0.3 is 0 Å². The maximum atomic E-state index is 12.7. The first-order valence-corrected chi connectivity index (χ1v) is 7.27. The summed E-state index contributed by atoms with van der Waals surface area (Å²) >= 11 is 5.96. The number of halogens is 1. The minimum atomic E-state index is 0.0325. The van der Waals surface area contributed by atoms with Crippen LogP contribution in [0.3, 0.4) is 0 Å². The fraction of sp³-hybridized carbons (Fsp3) is 0.429. The van der Waals surface area contributed by atoms with Gasteiger partial charge in [0.05, 0.1) is 5.52 Å². The number of hydrogen-bond donors (Lipinski definition) is 1. The molecule has 2 fully saturated rings. The molecule has 1 amide bonds. The number of aromatic amines is 1. The molecular weight excluding hydrogens is 276 g/mol. The third-order valence-corrected chi connectivity index (χ3v) is 4.57. The maximum absolute atomic E-state index is 12.7. The normalized spacial score (nSPS) is 25.4. The Balaban J connectivity index is 1.70. The molecule has 2 aliphatic rings. The molecule has 1 aromatic heterocycles. The van der Waals surface area contributed by atoms with Crippen LogP contribution in [0.2, 0.25) is 5.02 Å². The Hall–Kier alpha value is -1.59. The van der Waals surface area contributed by atoms with Crippen LogP contribution < -0.4 is 0 Å². The Morgan fingerprint density at radius 2 is 2.25 bits per heavy atom. The van der Waals surface area contributed by atoms with Gasteiger partial charge in [-0.3, -0.25) is 14.8 Å². The van der Waals surface area contributed by atoms with Crippen molar-refractivity contribution >= 4 is 28.4 Å². The first-order valence-electron chi connectivity index (χ1n) is 6.89. The smallest absolute Gasteiger partial charge is 0.275 e. The first kappa shape index (κ1) is 12.2. The number of hydrogen-bond acceptors (Lipinski definition) is 3. The topological polar surface area (TPSA) is 52.2 Å². The first-order chi connectivity index (χ1) is 9.72. The van der Waals surface area contributed by atoms with Gasteiger partial charge in [0.1, 0.15) is 0 Å². The number of piperazine rings is 1. The number of benzene rings is 1. The highest BCUT2D eigenvalue weighted by Gasteiger charge is 2.36. The van der Waals surface area contributed by atoms with Crippen LogP contribution in [-0.4, -0.2) is 58.1 Å². The number of carbonyl (C=O) groups is 1. The lowest BCUT2D eigenvalue weighted by Gasteiger charge is -2.33. The minimum Gasteiger partial charge on any atom is -0.332 e. The van der Waals surface area contributed by atoms with Crippen molar-refractivity contribution in [3.8, 4) is 0 Å². The molecule has 2 aromatic rings. The summed E-state index contributed by atoms with van der Waals surface area (Å²) in [5.41, 5.74) is 1.32. The SMILES string of the molecule is O=C(c1n[nH]c2cc(Cl)ccc12)N1CCN2CCC1C2. The summed E-state index contributed by atoms with van der Waals surface area (Å²) in [6.45, 7) is 3.87. The molecular formula is C14H15ClN4O. The van der Waals surface area contributed by atoms with Crippen LogP contribution in [0.1, 0.15) is 16.9 Å². The number of amides is 1. The third kappa shape index (κ3) is 1.81. The molecule has 2 unspecified atom stereocenters. The number of fused-ring (bicyclic) bond motifs is 3. The van der Waals surface area contributed by atoms with E-state index in [1.165, 1.54) is 0 Å². The van der Waals surface area contributed by atoms with Gasteiger partial charge in [-0.1, -0.05) is 11.6 Å². The van der Waals surface area contributed by atoms with Crippen LogP contribution in [0.25, 0.3) is 10.9 Å². The Morgan fingerprint density at radius 1 is 1.35 bits per heavy atom. The van der Waals surface area contributed by atoms with Crippen molar-refractivity contribution in [3.05, 3.63) is 28.9 Å². The number of rotatable bonds is 1. The highest BCUT2D eigenvalue weighted by molar-refractivity contribution is 6.31. The molecule has 0 aliphatic carbocycles. The summed E-state index contributed by atoms with van der Waals surface area (Å²) < 4.78 is 0. The number of carbonyl (C=O) groups excluding carboxylic acids is 1. The average Bonchev–Trinajstić information content (AvgIpc) is 3.02. The van der Waals surface area contributed by atoms with Gasteiger partial charge in [0, 0.05) is 42.6 Å². The molecule has 3 heterocycles. The second kappa shape index (κ2) is 4.46. The van der Waals surface area contributed by atoms with E-state index >= 15 is 0 Å². The summed E-state index contributed by atoms with van der Waals surface area (Å²) in [5, 5.41) is 8.60. The van der Waals surface area contributed by atoms with Gasteiger partial charge in [0.2, 0.25) is 0 Å². The number of aromatic nitrogens is 2. The third-order valence-electron chi connectivity index (χ3n) is 4.33. The molecule has 2 atom stereocenters. The summed E-state index contributed by atoms with van der Waals surface area (Å²) in [6.07, 6.45) is 1.07. The van der Waals surface area contributed by atoms with E-state index < -0.39 is 0 Å². The molecule has 2 saturated heterocycles. The van der Waals surface area contributed by atoms with Gasteiger partial charge in [-0.2, -0.15) is 5.10 Å². The van der Waals surface area contributed by atoms with Gasteiger partial charge in [0.15, 0.2) is 5.69 Å². The maximum Gasteiger partial charge on any atom is 0.275 e. The van der Waals surface area contributed by atoms with Gasteiger partial charge in [-0.25, -0.2) is 0 Å². The molecule has 0 spiro atoms. The van der Waals surface area contributed by atoms with Crippen molar-refractivity contribution < 1.29 is 4.79 Å². The van der Waals surface area contributed by atoms with Gasteiger partial charge in [0.25, 0.3) is 5.91 Å². The molecule has 2 bridgehead atoms. The molecule has 1 N–H and O–H groups in total. The lowest BCUT2D eigenvalue weighted by Crippen LogP contribution is -2.49. The van der Waals surface area contributed by atoms with Crippen molar-refractivity contribution in [2.24, 2.45) is 0 Å². The van der Waals surface area contributed by atoms with Gasteiger partial charge < -0.3 is 4.90 Å². The van der Waals surface area contributed by atoms with Crippen LogP contribution in [0.5, 0.6) is 0 Å². The molecule has 104 valence electrons. The van der Waals surface area contributed by atoms with E-state index in [0.29, 0.717) is 16.8 Å². The zero-order chi connectivity index (χ0) is 13.7. The second-order valence-corrected chi connectivity index (χ2v) is 5.94. The van der Waals surface area contributed by atoms with E-state index in [2.05, 4.69) is 15.1 Å². The molecule has 0 radical (unpaired) electrons. The highest BCUT2D eigenvalue weighted by atomic mass is 35.5. The van der Waals surface area contributed by atoms with E-state index in [0.717, 1.165) is 43.5 Å². The van der Waals surface area contributed by atoms with Crippen LogP contribution in [0.15, 0.2) is 18.2 Å². The molecule has 6 heteroatoms. The van der Waals surface area contributed by atoms with Crippen LogP contribution >= 0.6 is 11.6 Å². The number of nitrogens with zero attached hydrogens (tertiary/aromatic N) is 3. The summed E-state index contributed by atoms with van der Waals surface area (Å²) in [6, 6.07) is 5.80. The average molecular weight is 291 g/mol. The van der Waals surface area contributed by atoms with E-state index in [4.69, 9.17) is 11.6 Å². The van der Waals surface area contributed by atoms with Crippen molar-refractivity contribution in [2.45, 2.75) is 12.5 Å². The molecule has 4 rings (SSSR count). The number of nitrogens with one attached hydrogen (secondary N) is 1. The second-order valence-electron chi connectivity index (χ2n) is 5.50. The molecule has 20 heavy (non-hydrogen) atoms. The summed E-state index contributed by atoms with van der Waals surface area (Å²) in [7, 11) is 0. The highest BCUT2D eigenvalue weighted by Crippen LogP contribution is 2.25. The molecule has 1 aromatic carbocycles. The predicted molar refractivity (Wildman–Crippen MR) is 77.0 cm³/mol. The van der Waals surface area contributed by atoms with E-state index in [1.807, 2.05) is 11.0 Å². The molecule has 2 aliphatic heterocycles. The van der Waals surface area contributed by atoms with Crippen molar-refractivity contribution in [1.29, 1.82) is 0 Å². The van der Waals surface area contributed by atoms with Crippen molar-refractivity contribution in [3.63, 3.8) is 0 Å². The van der Waals surface area contributed by atoms with Crippen molar-refractivity contribution in [2.75, 3.05) is 26.2 Å². The van der Waals surface area contributed by atoms with E-state index in [9.17, 15) is 4.79 Å². The quantitative estimate of drug-likeness (QED) is 0.870. The zero-order valence-corrected chi connectivity index (χ0v) is 11.7. The summed E-state index contributed by atoms with van der Waals surface area (Å²) in [4.78, 5) is 17.1. The minimum absolute atomic E-state index is 0.0325. The Labute approximate surface area is 121 Å². The fourth-order valence-electron chi connectivity index (χ4n) is 3.26. The van der Waals surface area contributed by atoms with E-state index in [1.54, 1.807) is 12.1 Å². The zero-order valence-electron chi connectivity index (χ0n) is 11.0. The Morgan fingerprint density at radius 3 is 3.15 bits per heavy atom. The van der Waals surface area contributed by atoms with Gasteiger partial charge in [-0.05, 0) is 24.6 Å². The summed E-state index contributed by atoms with van der Waals surface area (Å²) in [5.74, 6) is 0.0325. The fourth-order valence-corrected chi connectivity index (χ4v) is 3.43. The lowest BCUT2D eigenvalue weighted by atomic mass is 10.1. The number of H-pyrrole nitrogens is 1. The predicted octanol–water partition coefficient (Wildman–Crippen LogP) is 1.75. The largest absolute Gasteiger partial charge is 0.332 e.